The molecule has 8 heteroatoms. The number of fused-ring (bicyclic) bond motifs is 1. The van der Waals surface area contributed by atoms with E-state index in [1.54, 1.807) is 33.9 Å². The Labute approximate surface area is 145 Å². The number of rotatable bonds is 3. The van der Waals surface area contributed by atoms with Crippen LogP contribution in [0.2, 0.25) is 0 Å². The van der Waals surface area contributed by atoms with Gasteiger partial charge in [0.15, 0.2) is 5.65 Å². The van der Waals surface area contributed by atoms with Crippen LogP contribution < -0.4 is 5.32 Å². The second-order valence-corrected chi connectivity index (χ2v) is 6.47. The van der Waals surface area contributed by atoms with Crippen molar-refractivity contribution in [2.45, 2.75) is 44.2 Å². The molecule has 2 saturated heterocycles. The van der Waals surface area contributed by atoms with E-state index >= 15 is 0 Å². The number of likely N-dealkylation sites (tertiary alicyclic amines) is 1. The first-order chi connectivity index (χ1) is 12.2. The molecule has 8 nitrogen and oxygen atoms in total. The number of anilines is 1. The molecule has 2 fully saturated rings. The van der Waals surface area contributed by atoms with E-state index in [4.69, 9.17) is 4.74 Å². The first-order valence-corrected chi connectivity index (χ1v) is 8.76. The molecule has 0 aromatic carbocycles. The van der Waals surface area contributed by atoms with Crippen molar-refractivity contribution in [1.29, 1.82) is 0 Å². The summed E-state index contributed by atoms with van der Waals surface area (Å²) in [5.41, 5.74) is 0.661. The maximum Gasteiger partial charge on any atom is 0.252 e. The number of nitrogens with one attached hydrogen (secondary N) is 1. The largest absolute Gasteiger partial charge is 0.368 e. The molecule has 0 bridgehead atoms. The zero-order valence-corrected chi connectivity index (χ0v) is 13.9. The smallest absolute Gasteiger partial charge is 0.252 e. The highest BCUT2D eigenvalue weighted by atomic mass is 16.5. The van der Waals surface area contributed by atoms with E-state index in [1.807, 2.05) is 0 Å². The molecule has 0 saturated carbocycles. The van der Waals surface area contributed by atoms with Gasteiger partial charge in [0.1, 0.15) is 18.0 Å². The molecular formula is C17H21N5O3. The van der Waals surface area contributed by atoms with E-state index in [9.17, 15) is 9.59 Å². The predicted octanol–water partition coefficient (Wildman–Crippen LogP) is 1.23. The summed E-state index contributed by atoms with van der Waals surface area (Å²) in [6, 6.07) is 3.00. The molecule has 0 radical (unpaired) electrons. The molecule has 25 heavy (non-hydrogen) atoms. The van der Waals surface area contributed by atoms with Crippen molar-refractivity contribution < 1.29 is 14.3 Å². The van der Waals surface area contributed by atoms with Crippen molar-refractivity contribution >= 4 is 23.3 Å². The normalized spacial score (nSPS) is 23.8. The van der Waals surface area contributed by atoms with Gasteiger partial charge in [0, 0.05) is 25.4 Å². The number of nitrogens with zero attached hydrogens (tertiary/aromatic N) is 4. The fourth-order valence-electron chi connectivity index (χ4n) is 3.56. The summed E-state index contributed by atoms with van der Waals surface area (Å²) in [6.07, 6.45) is 7.01. The zero-order valence-electron chi connectivity index (χ0n) is 13.9. The molecule has 2 atom stereocenters. The van der Waals surface area contributed by atoms with Crippen LogP contribution >= 0.6 is 0 Å². The van der Waals surface area contributed by atoms with Gasteiger partial charge in [-0.05, 0) is 38.2 Å². The van der Waals surface area contributed by atoms with Gasteiger partial charge in [0.2, 0.25) is 5.91 Å². The Morgan fingerprint density at radius 2 is 2.08 bits per heavy atom. The summed E-state index contributed by atoms with van der Waals surface area (Å²) in [7, 11) is 0. The van der Waals surface area contributed by atoms with Gasteiger partial charge in [0.05, 0.1) is 6.20 Å². The second kappa shape index (κ2) is 6.79. The van der Waals surface area contributed by atoms with E-state index < -0.39 is 12.1 Å². The van der Waals surface area contributed by atoms with Crippen molar-refractivity contribution in [3.63, 3.8) is 0 Å². The van der Waals surface area contributed by atoms with Crippen molar-refractivity contribution in [3.05, 3.63) is 24.5 Å². The fourth-order valence-corrected chi connectivity index (χ4v) is 3.56. The van der Waals surface area contributed by atoms with Gasteiger partial charge in [-0.2, -0.15) is 9.61 Å². The van der Waals surface area contributed by atoms with Gasteiger partial charge in [-0.25, -0.2) is 4.98 Å². The molecule has 0 aliphatic carbocycles. The van der Waals surface area contributed by atoms with Crippen molar-refractivity contribution in [1.82, 2.24) is 19.5 Å². The van der Waals surface area contributed by atoms with Gasteiger partial charge in [-0.3, -0.25) is 9.59 Å². The predicted molar refractivity (Wildman–Crippen MR) is 89.9 cm³/mol. The van der Waals surface area contributed by atoms with Crippen LogP contribution in [0.25, 0.3) is 5.65 Å². The molecule has 2 aliphatic heterocycles. The van der Waals surface area contributed by atoms with Gasteiger partial charge in [-0.15, -0.1) is 0 Å². The van der Waals surface area contributed by atoms with Gasteiger partial charge in [-0.1, -0.05) is 0 Å². The summed E-state index contributed by atoms with van der Waals surface area (Å²) in [6.45, 7) is 1.22. The van der Waals surface area contributed by atoms with Crippen LogP contribution in [0.1, 0.15) is 32.1 Å². The standard InChI is InChI=1S/C17H21N5O3/c23-16(20-15-6-8-18-14-7-9-19-22(14)15)12-4-1-2-10-21(12)17(24)13-5-3-11-25-13/h6-9,12-13H,1-5,10-11H2,(H,20,23)/t12-,13+/m0/s1. The van der Waals surface area contributed by atoms with E-state index in [0.717, 1.165) is 25.7 Å². The Morgan fingerprint density at radius 3 is 2.92 bits per heavy atom. The quantitative estimate of drug-likeness (QED) is 0.905. The van der Waals surface area contributed by atoms with Crippen LogP contribution in [0.3, 0.4) is 0 Å². The average Bonchev–Trinajstić information content (AvgIpc) is 3.33. The first-order valence-electron chi connectivity index (χ1n) is 8.76. The molecular weight excluding hydrogens is 322 g/mol. The SMILES string of the molecule is O=C(Nc1ccnc2ccnn12)[C@@H]1CCCCN1C(=O)[C@H]1CCCO1. The molecule has 0 unspecified atom stereocenters. The van der Waals surface area contributed by atoms with Crippen molar-refractivity contribution in [3.8, 4) is 0 Å². The molecule has 2 aromatic heterocycles. The Hall–Kier alpha value is -2.48. The third-order valence-electron chi connectivity index (χ3n) is 4.84. The van der Waals surface area contributed by atoms with E-state index in [2.05, 4.69) is 15.4 Å². The lowest BCUT2D eigenvalue weighted by atomic mass is 10.00. The van der Waals surface area contributed by atoms with E-state index in [0.29, 0.717) is 31.0 Å². The molecule has 2 aromatic rings. The lowest BCUT2D eigenvalue weighted by Crippen LogP contribution is -2.53. The van der Waals surface area contributed by atoms with Crippen LogP contribution in [0, 0.1) is 0 Å². The minimum atomic E-state index is -0.468. The molecule has 132 valence electrons. The van der Waals surface area contributed by atoms with Gasteiger partial charge < -0.3 is 15.0 Å². The Morgan fingerprint density at radius 1 is 1.16 bits per heavy atom. The summed E-state index contributed by atoms with van der Waals surface area (Å²) >= 11 is 0. The number of ether oxygens (including phenoxy) is 1. The maximum absolute atomic E-state index is 12.9. The van der Waals surface area contributed by atoms with Crippen molar-refractivity contribution in [2.75, 3.05) is 18.5 Å². The summed E-state index contributed by atoms with van der Waals surface area (Å²) in [5, 5.41) is 7.08. The summed E-state index contributed by atoms with van der Waals surface area (Å²) in [4.78, 5) is 31.5. The molecule has 2 amide bonds. The number of carbonyl (C=O) groups excluding carboxylic acids is 2. The van der Waals surface area contributed by atoms with E-state index in [-0.39, 0.29) is 11.8 Å². The van der Waals surface area contributed by atoms with Crippen LogP contribution in [0.4, 0.5) is 5.82 Å². The molecule has 2 aliphatic rings. The molecule has 4 heterocycles. The Bertz CT molecular complexity index is 783. The fraction of sp³-hybridized carbons (Fsp3) is 0.529. The number of piperidine rings is 1. The van der Waals surface area contributed by atoms with Gasteiger partial charge >= 0.3 is 0 Å². The minimum absolute atomic E-state index is 0.0590. The van der Waals surface area contributed by atoms with Gasteiger partial charge in [0.25, 0.3) is 5.91 Å². The lowest BCUT2D eigenvalue weighted by molar-refractivity contribution is -0.148. The molecule has 0 spiro atoms. The number of hydrogen-bond acceptors (Lipinski definition) is 5. The molecule has 1 N–H and O–H groups in total. The highest BCUT2D eigenvalue weighted by Crippen LogP contribution is 2.23. The highest BCUT2D eigenvalue weighted by molar-refractivity contribution is 5.97. The summed E-state index contributed by atoms with van der Waals surface area (Å²) < 4.78 is 7.09. The maximum atomic E-state index is 12.9. The summed E-state index contributed by atoms with van der Waals surface area (Å²) in [5.74, 6) is 0.306. The highest BCUT2D eigenvalue weighted by Gasteiger charge is 2.37. The van der Waals surface area contributed by atoms with Crippen LogP contribution in [-0.2, 0) is 14.3 Å². The first kappa shape index (κ1) is 16.0. The zero-order chi connectivity index (χ0) is 17.2. The number of aromatic nitrogens is 3. The van der Waals surface area contributed by atoms with Crippen LogP contribution in [0.5, 0.6) is 0 Å². The van der Waals surface area contributed by atoms with Crippen LogP contribution in [0.15, 0.2) is 24.5 Å². The third-order valence-corrected chi connectivity index (χ3v) is 4.84. The lowest BCUT2D eigenvalue weighted by Gasteiger charge is -2.36. The Kier molecular flexibility index (Phi) is 4.35. The minimum Gasteiger partial charge on any atom is -0.368 e. The third kappa shape index (κ3) is 3.09. The van der Waals surface area contributed by atoms with E-state index in [1.165, 1.54) is 0 Å². The Balaban J connectivity index is 1.52. The number of amides is 2. The number of carbonyl (C=O) groups is 2. The monoisotopic (exact) mass is 343 g/mol. The number of hydrogen-bond donors (Lipinski definition) is 1. The molecule has 4 rings (SSSR count). The average molecular weight is 343 g/mol. The topological polar surface area (TPSA) is 88.8 Å². The van der Waals surface area contributed by atoms with Crippen molar-refractivity contribution in [2.24, 2.45) is 0 Å². The second-order valence-electron chi connectivity index (χ2n) is 6.47. The van der Waals surface area contributed by atoms with Crippen LogP contribution in [-0.4, -0.2) is 56.6 Å².